The summed E-state index contributed by atoms with van der Waals surface area (Å²) in [5, 5.41) is 3.35. The van der Waals surface area contributed by atoms with Crippen molar-refractivity contribution >= 4 is 11.8 Å². The maximum absolute atomic E-state index is 12.5. The number of nitrogens with one attached hydrogen (secondary N) is 1. The molecule has 4 heteroatoms. The number of carbonyl (C=O) groups is 2. The molecule has 2 amide bonds. The standard InChI is InChI=1S/C15H24N2O2/c18-13-10-15(6-1-2-7-15)11-14(19)17(13)12-4-3-8-16-9-5-12/h12,16H,1-11H2. The van der Waals surface area contributed by atoms with E-state index in [0.717, 1.165) is 45.2 Å². The van der Waals surface area contributed by atoms with Crippen molar-refractivity contribution in [3.05, 3.63) is 0 Å². The van der Waals surface area contributed by atoms with Crippen LogP contribution >= 0.6 is 0 Å². The quantitative estimate of drug-likeness (QED) is 0.735. The highest BCUT2D eigenvalue weighted by Gasteiger charge is 2.46. The monoisotopic (exact) mass is 264 g/mol. The van der Waals surface area contributed by atoms with Crippen molar-refractivity contribution in [2.75, 3.05) is 13.1 Å². The molecule has 3 fully saturated rings. The van der Waals surface area contributed by atoms with Gasteiger partial charge in [0.2, 0.25) is 11.8 Å². The van der Waals surface area contributed by atoms with Crippen molar-refractivity contribution in [3.8, 4) is 0 Å². The van der Waals surface area contributed by atoms with Gasteiger partial charge in [-0.15, -0.1) is 0 Å². The molecule has 3 rings (SSSR count). The molecule has 3 aliphatic rings. The Balaban J connectivity index is 1.72. The normalized spacial score (nSPS) is 31.8. The fraction of sp³-hybridized carbons (Fsp3) is 0.867. The average Bonchev–Trinajstić information content (AvgIpc) is 2.63. The highest BCUT2D eigenvalue weighted by Crippen LogP contribution is 2.47. The third-order valence-electron chi connectivity index (χ3n) is 5.16. The largest absolute Gasteiger partial charge is 0.317 e. The molecule has 1 atom stereocenters. The maximum atomic E-state index is 12.5. The summed E-state index contributed by atoms with van der Waals surface area (Å²) >= 11 is 0. The van der Waals surface area contributed by atoms with Crippen LogP contribution in [0.25, 0.3) is 0 Å². The number of carbonyl (C=O) groups excluding carboxylic acids is 2. The fourth-order valence-electron chi connectivity index (χ4n) is 4.16. The van der Waals surface area contributed by atoms with Gasteiger partial charge in [-0.3, -0.25) is 14.5 Å². The Morgan fingerprint density at radius 1 is 0.947 bits per heavy atom. The Morgan fingerprint density at radius 3 is 2.32 bits per heavy atom. The number of imide groups is 1. The second kappa shape index (κ2) is 5.23. The van der Waals surface area contributed by atoms with E-state index in [4.69, 9.17) is 0 Å². The van der Waals surface area contributed by atoms with Gasteiger partial charge in [-0.05, 0) is 50.6 Å². The van der Waals surface area contributed by atoms with E-state index in [1.54, 1.807) is 4.90 Å². The predicted molar refractivity (Wildman–Crippen MR) is 72.5 cm³/mol. The van der Waals surface area contributed by atoms with E-state index >= 15 is 0 Å². The molecule has 19 heavy (non-hydrogen) atoms. The number of amides is 2. The molecular weight excluding hydrogens is 240 g/mol. The number of rotatable bonds is 1. The lowest BCUT2D eigenvalue weighted by Crippen LogP contribution is -2.52. The molecule has 2 heterocycles. The molecule has 0 bridgehead atoms. The van der Waals surface area contributed by atoms with E-state index < -0.39 is 0 Å². The second-order valence-corrected chi connectivity index (χ2v) is 6.55. The molecule has 2 saturated heterocycles. The van der Waals surface area contributed by atoms with Gasteiger partial charge >= 0.3 is 0 Å². The van der Waals surface area contributed by atoms with Crippen LogP contribution in [0.3, 0.4) is 0 Å². The fourth-order valence-corrected chi connectivity index (χ4v) is 4.16. The third-order valence-corrected chi connectivity index (χ3v) is 5.16. The first-order valence-corrected chi connectivity index (χ1v) is 7.76. The predicted octanol–water partition coefficient (Wildman–Crippen LogP) is 1.84. The van der Waals surface area contributed by atoms with Gasteiger partial charge in [0.1, 0.15) is 0 Å². The van der Waals surface area contributed by atoms with E-state index in [1.807, 2.05) is 0 Å². The van der Waals surface area contributed by atoms with Gasteiger partial charge in [0.25, 0.3) is 0 Å². The number of hydrogen-bond donors (Lipinski definition) is 1. The SMILES string of the molecule is O=C1CC2(CCCC2)CC(=O)N1C1CCCNCC1. The van der Waals surface area contributed by atoms with Crippen molar-refractivity contribution in [1.82, 2.24) is 10.2 Å². The van der Waals surface area contributed by atoms with Crippen LogP contribution in [0.15, 0.2) is 0 Å². The average molecular weight is 264 g/mol. The first kappa shape index (κ1) is 13.1. The summed E-state index contributed by atoms with van der Waals surface area (Å²) in [6.45, 7) is 1.93. The summed E-state index contributed by atoms with van der Waals surface area (Å²) in [6.07, 6.45) is 8.71. The van der Waals surface area contributed by atoms with Gasteiger partial charge in [0, 0.05) is 18.9 Å². The van der Waals surface area contributed by atoms with Crippen molar-refractivity contribution in [3.63, 3.8) is 0 Å². The van der Waals surface area contributed by atoms with Crippen molar-refractivity contribution < 1.29 is 9.59 Å². The van der Waals surface area contributed by atoms with Crippen molar-refractivity contribution in [1.29, 1.82) is 0 Å². The lowest BCUT2D eigenvalue weighted by molar-refractivity contribution is -0.156. The van der Waals surface area contributed by atoms with Crippen LogP contribution in [0.1, 0.15) is 57.8 Å². The van der Waals surface area contributed by atoms with Gasteiger partial charge in [-0.25, -0.2) is 0 Å². The zero-order chi connectivity index (χ0) is 13.3. The maximum Gasteiger partial charge on any atom is 0.229 e. The minimum atomic E-state index is 0.0354. The molecule has 4 nitrogen and oxygen atoms in total. The van der Waals surface area contributed by atoms with Crippen LogP contribution in [0.2, 0.25) is 0 Å². The van der Waals surface area contributed by atoms with E-state index in [-0.39, 0.29) is 23.3 Å². The number of piperidine rings is 1. The summed E-state index contributed by atoms with van der Waals surface area (Å²) in [5.74, 6) is 0.204. The van der Waals surface area contributed by atoms with Crippen LogP contribution in [-0.2, 0) is 9.59 Å². The van der Waals surface area contributed by atoms with E-state index in [1.165, 1.54) is 12.8 Å². The molecule has 1 aliphatic carbocycles. The summed E-state index contributed by atoms with van der Waals surface area (Å²) < 4.78 is 0. The first-order chi connectivity index (χ1) is 9.20. The minimum Gasteiger partial charge on any atom is -0.317 e. The van der Waals surface area contributed by atoms with Crippen LogP contribution in [0.5, 0.6) is 0 Å². The summed E-state index contributed by atoms with van der Waals surface area (Å²) in [7, 11) is 0. The molecule has 0 aromatic rings. The molecule has 1 spiro atoms. The van der Waals surface area contributed by atoms with E-state index in [2.05, 4.69) is 5.32 Å². The zero-order valence-corrected chi connectivity index (χ0v) is 11.6. The van der Waals surface area contributed by atoms with Gasteiger partial charge in [-0.2, -0.15) is 0 Å². The lowest BCUT2D eigenvalue weighted by atomic mass is 9.76. The minimum absolute atomic E-state index is 0.0354. The summed E-state index contributed by atoms with van der Waals surface area (Å²) in [6, 6.07) is 0.147. The Morgan fingerprint density at radius 2 is 1.63 bits per heavy atom. The lowest BCUT2D eigenvalue weighted by Gasteiger charge is -2.40. The van der Waals surface area contributed by atoms with Gasteiger partial charge < -0.3 is 5.32 Å². The first-order valence-electron chi connectivity index (χ1n) is 7.76. The molecule has 2 aliphatic heterocycles. The topological polar surface area (TPSA) is 49.4 Å². The summed E-state index contributed by atoms with van der Waals surface area (Å²) in [5.41, 5.74) is 0.0354. The van der Waals surface area contributed by atoms with Crippen molar-refractivity contribution in [2.24, 2.45) is 5.41 Å². The third kappa shape index (κ3) is 2.55. The Hall–Kier alpha value is -0.900. The highest BCUT2D eigenvalue weighted by atomic mass is 16.2. The molecular formula is C15H24N2O2. The smallest absolute Gasteiger partial charge is 0.229 e. The molecule has 0 aromatic carbocycles. The van der Waals surface area contributed by atoms with Gasteiger partial charge in [-0.1, -0.05) is 12.8 Å². The number of hydrogen-bond acceptors (Lipinski definition) is 3. The van der Waals surface area contributed by atoms with E-state index in [0.29, 0.717) is 12.8 Å². The Kier molecular flexibility index (Phi) is 3.61. The zero-order valence-electron chi connectivity index (χ0n) is 11.6. The van der Waals surface area contributed by atoms with Crippen LogP contribution in [0, 0.1) is 5.41 Å². The van der Waals surface area contributed by atoms with Crippen LogP contribution < -0.4 is 5.32 Å². The van der Waals surface area contributed by atoms with Crippen molar-refractivity contribution in [2.45, 2.75) is 63.8 Å². The molecule has 0 aromatic heterocycles. The molecule has 0 radical (unpaired) electrons. The Bertz CT molecular complexity index is 346. The van der Waals surface area contributed by atoms with Crippen LogP contribution in [0.4, 0.5) is 0 Å². The number of nitrogens with zero attached hydrogens (tertiary/aromatic N) is 1. The Labute approximate surface area is 114 Å². The van der Waals surface area contributed by atoms with Gasteiger partial charge in [0.15, 0.2) is 0 Å². The molecule has 1 unspecified atom stereocenters. The van der Waals surface area contributed by atoms with Crippen LogP contribution in [-0.4, -0.2) is 35.8 Å². The summed E-state index contributed by atoms with van der Waals surface area (Å²) in [4.78, 5) is 26.5. The molecule has 1 saturated carbocycles. The molecule has 1 N–H and O–H groups in total. The second-order valence-electron chi connectivity index (χ2n) is 6.55. The number of likely N-dealkylation sites (tertiary alicyclic amines) is 1. The molecule has 106 valence electrons. The van der Waals surface area contributed by atoms with E-state index in [9.17, 15) is 9.59 Å². The highest BCUT2D eigenvalue weighted by molar-refractivity contribution is 5.99. The van der Waals surface area contributed by atoms with Gasteiger partial charge in [0.05, 0.1) is 0 Å².